The Balaban J connectivity index is 1.61. The lowest BCUT2D eigenvalue weighted by atomic mass is 9.89. The first-order chi connectivity index (χ1) is 16.2. The number of carboxylic acid groups (broad SMARTS) is 1. The normalized spacial score (nSPS) is 13.5. The Bertz CT molecular complexity index is 990. The minimum absolute atomic E-state index is 0.0747. The lowest BCUT2D eigenvalue weighted by Gasteiger charge is -2.26. The molecule has 2 aromatic rings. The predicted molar refractivity (Wildman–Crippen MR) is 128 cm³/mol. The summed E-state index contributed by atoms with van der Waals surface area (Å²) in [7, 11) is 1.61. The van der Waals surface area contributed by atoms with Gasteiger partial charge in [0.05, 0.1) is 6.42 Å². The van der Waals surface area contributed by atoms with Crippen molar-refractivity contribution in [2.45, 2.75) is 38.6 Å². The molecule has 8 heteroatoms. The van der Waals surface area contributed by atoms with Gasteiger partial charge in [0.1, 0.15) is 12.6 Å². The smallest absolute Gasteiger partial charge is 0.407 e. The maximum atomic E-state index is 12.6. The van der Waals surface area contributed by atoms with Gasteiger partial charge in [0.2, 0.25) is 5.91 Å². The molecule has 182 valence electrons. The lowest BCUT2D eigenvalue weighted by Crippen LogP contribution is -2.50. The Labute approximate surface area is 199 Å². The highest BCUT2D eigenvalue weighted by molar-refractivity contribution is 5.89. The van der Waals surface area contributed by atoms with Gasteiger partial charge in [0.25, 0.3) is 0 Å². The van der Waals surface area contributed by atoms with Crippen LogP contribution < -0.4 is 10.6 Å². The second kappa shape index (κ2) is 11.2. The molecule has 0 aromatic heterocycles. The average molecular weight is 469 g/mol. The Morgan fingerprint density at radius 2 is 1.62 bits per heavy atom. The minimum Gasteiger partial charge on any atom is -0.481 e. The molecular formula is C26H32N2O6. The zero-order valence-corrected chi connectivity index (χ0v) is 19.8. The van der Waals surface area contributed by atoms with E-state index in [0.29, 0.717) is 19.6 Å². The van der Waals surface area contributed by atoms with Gasteiger partial charge >= 0.3 is 12.1 Å². The van der Waals surface area contributed by atoms with E-state index in [1.807, 2.05) is 62.4 Å². The van der Waals surface area contributed by atoms with Crippen molar-refractivity contribution in [3.63, 3.8) is 0 Å². The number of carbonyl (C=O) groups is 3. The topological polar surface area (TPSA) is 114 Å². The van der Waals surface area contributed by atoms with Crippen LogP contribution in [0.15, 0.2) is 48.5 Å². The third-order valence-electron chi connectivity index (χ3n) is 6.06. The maximum Gasteiger partial charge on any atom is 0.407 e. The van der Waals surface area contributed by atoms with E-state index in [1.165, 1.54) is 0 Å². The van der Waals surface area contributed by atoms with Gasteiger partial charge < -0.3 is 25.2 Å². The molecule has 0 spiro atoms. The van der Waals surface area contributed by atoms with Crippen molar-refractivity contribution in [1.82, 2.24) is 10.6 Å². The van der Waals surface area contributed by atoms with Gasteiger partial charge in [-0.15, -0.1) is 0 Å². The summed E-state index contributed by atoms with van der Waals surface area (Å²) in [6, 6.07) is 14.7. The van der Waals surface area contributed by atoms with E-state index in [1.54, 1.807) is 7.11 Å². The maximum absolute atomic E-state index is 12.6. The Hall–Kier alpha value is -3.39. The van der Waals surface area contributed by atoms with Crippen molar-refractivity contribution >= 4 is 18.0 Å². The highest BCUT2D eigenvalue weighted by Gasteiger charge is 2.30. The summed E-state index contributed by atoms with van der Waals surface area (Å²) < 4.78 is 10.5. The van der Waals surface area contributed by atoms with Gasteiger partial charge in [-0.3, -0.25) is 9.59 Å². The molecule has 0 saturated carbocycles. The molecule has 0 heterocycles. The van der Waals surface area contributed by atoms with Crippen molar-refractivity contribution in [2.75, 3.05) is 26.9 Å². The van der Waals surface area contributed by atoms with E-state index >= 15 is 0 Å². The second-order valence-corrected chi connectivity index (χ2v) is 9.25. The van der Waals surface area contributed by atoms with Crippen molar-refractivity contribution in [3.8, 4) is 11.1 Å². The number of rotatable bonds is 11. The number of amides is 2. The molecule has 8 nitrogen and oxygen atoms in total. The van der Waals surface area contributed by atoms with Gasteiger partial charge in [-0.1, -0.05) is 62.4 Å². The number of ether oxygens (including phenoxy) is 2. The van der Waals surface area contributed by atoms with Crippen LogP contribution in [0, 0.1) is 5.41 Å². The third-order valence-corrected chi connectivity index (χ3v) is 6.06. The number of aliphatic carboxylic acids is 1. The summed E-state index contributed by atoms with van der Waals surface area (Å²) in [6.07, 6.45) is -0.663. The SMILES string of the molecule is COCCC(C)(C)CNC(=O)C(CC(=O)O)NC(=O)OCC1c2ccccc2-c2ccccc21. The molecule has 3 N–H and O–H groups in total. The Morgan fingerprint density at radius 3 is 2.18 bits per heavy atom. The highest BCUT2D eigenvalue weighted by Crippen LogP contribution is 2.44. The number of methoxy groups -OCH3 is 1. The number of benzene rings is 2. The molecule has 0 radical (unpaired) electrons. The molecule has 2 aromatic carbocycles. The van der Waals surface area contributed by atoms with Crippen molar-refractivity contribution in [2.24, 2.45) is 5.41 Å². The van der Waals surface area contributed by atoms with Crippen LogP contribution in [0.2, 0.25) is 0 Å². The van der Waals surface area contributed by atoms with Crippen LogP contribution in [-0.4, -0.2) is 56.0 Å². The Kier molecular flexibility index (Phi) is 8.28. The fraction of sp³-hybridized carbons (Fsp3) is 0.423. The van der Waals surface area contributed by atoms with Gasteiger partial charge in [-0.25, -0.2) is 4.79 Å². The minimum atomic E-state index is -1.24. The van der Waals surface area contributed by atoms with Crippen molar-refractivity contribution in [1.29, 1.82) is 0 Å². The first-order valence-electron chi connectivity index (χ1n) is 11.3. The van der Waals surface area contributed by atoms with E-state index in [4.69, 9.17) is 9.47 Å². The average Bonchev–Trinajstić information content (AvgIpc) is 3.13. The molecule has 3 rings (SSSR count). The molecule has 1 aliphatic rings. The van der Waals surface area contributed by atoms with Gasteiger partial charge in [0, 0.05) is 26.2 Å². The quantitative estimate of drug-likeness (QED) is 0.465. The third kappa shape index (κ3) is 6.35. The van der Waals surface area contributed by atoms with Crippen LogP contribution in [0.25, 0.3) is 11.1 Å². The number of fused-ring (bicyclic) bond motifs is 3. The fourth-order valence-electron chi connectivity index (χ4n) is 4.08. The summed E-state index contributed by atoms with van der Waals surface area (Å²) in [5.41, 5.74) is 4.09. The summed E-state index contributed by atoms with van der Waals surface area (Å²) >= 11 is 0. The number of hydrogen-bond donors (Lipinski definition) is 3. The van der Waals surface area contributed by atoms with Gasteiger partial charge in [0.15, 0.2) is 0 Å². The van der Waals surface area contributed by atoms with Crippen LogP contribution >= 0.6 is 0 Å². The molecule has 0 saturated heterocycles. The molecule has 34 heavy (non-hydrogen) atoms. The van der Waals surface area contributed by atoms with E-state index < -0.39 is 30.4 Å². The van der Waals surface area contributed by atoms with Crippen LogP contribution in [0.4, 0.5) is 4.79 Å². The monoisotopic (exact) mass is 468 g/mol. The number of carbonyl (C=O) groups excluding carboxylic acids is 2. The highest BCUT2D eigenvalue weighted by atomic mass is 16.5. The molecule has 1 unspecified atom stereocenters. The van der Waals surface area contributed by atoms with Crippen LogP contribution in [-0.2, 0) is 19.1 Å². The zero-order chi connectivity index (χ0) is 24.7. The standard InChI is InChI=1S/C26H32N2O6/c1-26(2,12-13-33-3)16-27-24(31)22(14-23(29)30)28-25(32)34-15-21-19-10-6-4-8-17(19)18-9-5-7-11-20(18)21/h4-11,21-22H,12-16H2,1-3H3,(H,27,31)(H,28,32)(H,29,30). The molecule has 0 aliphatic heterocycles. The van der Waals surface area contributed by atoms with E-state index in [2.05, 4.69) is 10.6 Å². The molecule has 0 fully saturated rings. The summed E-state index contributed by atoms with van der Waals surface area (Å²) in [6.45, 7) is 4.87. The summed E-state index contributed by atoms with van der Waals surface area (Å²) in [4.78, 5) is 36.5. The van der Waals surface area contributed by atoms with Crippen molar-refractivity contribution in [3.05, 3.63) is 59.7 Å². The second-order valence-electron chi connectivity index (χ2n) is 9.25. The van der Waals surface area contributed by atoms with Crippen molar-refractivity contribution < 1.29 is 29.0 Å². The molecular weight excluding hydrogens is 436 g/mol. The van der Waals surface area contributed by atoms with Gasteiger partial charge in [-0.05, 0) is 34.1 Å². The number of hydrogen-bond acceptors (Lipinski definition) is 5. The summed E-state index contributed by atoms with van der Waals surface area (Å²) in [5, 5.41) is 14.4. The molecule has 1 atom stereocenters. The van der Waals surface area contributed by atoms with Crippen LogP contribution in [0.1, 0.15) is 43.7 Å². The predicted octanol–water partition coefficient (Wildman–Crippen LogP) is 3.55. The zero-order valence-electron chi connectivity index (χ0n) is 19.8. The first kappa shape index (κ1) is 25.2. The van der Waals surface area contributed by atoms with E-state index in [-0.39, 0.29) is 17.9 Å². The van der Waals surface area contributed by atoms with E-state index in [9.17, 15) is 19.5 Å². The largest absolute Gasteiger partial charge is 0.481 e. The number of alkyl carbamates (subject to hydrolysis) is 1. The van der Waals surface area contributed by atoms with Gasteiger partial charge in [-0.2, -0.15) is 0 Å². The Morgan fingerprint density at radius 1 is 1.03 bits per heavy atom. The number of carboxylic acids is 1. The first-order valence-corrected chi connectivity index (χ1v) is 11.3. The number of nitrogens with one attached hydrogen (secondary N) is 2. The summed E-state index contributed by atoms with van der Waals surface area (Å²) in [5.74, 6) is -1.90. The molecule has 0 bridgehead atoms. The van der Waals surface area contributed by atoms with Crippen LogP contribution in [0.3, 0.4) is 0 Å². The lowest BCUT2D eigenvalue weighted by molar-refractivity contribution is -0.139. The molecule has 2 amide bonds. The van der Waals surface area contributed by atoms with Crippen LogP contribution in [0.5, 0.6) is 0 Å². The molecule has 1 aliphatic carbocycles. The fourth-order valence-corrected chi connectivity index (χ4v) is 4.08. The van der Waals surface area contributed by atoms with E-state index in [0.717, 1.165) is 22.3 Å².